The lowest BCUT2D eigenvalue weighted by Gasteiger charge is -2.12. The van der Waals surface area contributed by atoms with Crippen LogP contribution in [-0.4, -0.2) is 20.0 Å². The van der Waals surface area contributed by atoms with Gasteiger partial charge in [0.25, 0.3) is 10.0 Å². The number of benzene rings is 2. The lowest BCUT2D eigenvalue weighted by molar-refractivity contribution is 0.342. The number of ether oxygens (including phenoxy) is 1. The predicted octanol–water partition coefficient (Wildman–Crippen LogP) is 3.34. The first-order valence-corrected chi connectivity index (χ1v) is 8.60. The third-order valence-electron chi connectivity index (χ3n) is 3.21. The number of sulfonamides is 1. The van der Waals surface area contributed by atoms with Crippen LogP contribution in [0.3, 0.4) is 0 Å². The van der Waals surface area contributed by atoms with Crippen LogP contribution in [0.2, 0.25) is 0 Å². The summed E-state index contributed by atoms with van der Waals surface area (Å²) in [5.41, 5.74) is 1.45. The molecule has 0 spiro atoms. The topological polar surface area (TPSA) is 81.4 Å². The maximum Gasteiger partial charge on any atom is 0.262 e. The normalized spacial score (nSPS) is 11.6. The highest BCUT2D eigenvalue weighted by atomic mass is 32.2. The number of nitrogens with zero attached hydrogens (tertiary/aromatic N) is 1. The number of anilines is 1. The van der Waals surface area contributed by atoms with Crippen LogP contribution < -0.4 is 9.46 Å². The highest BCUT2D eigenvalue weighted by Crippen LogP contribution is 2.27. The summed E-state index contributed by atoms with van der Waals surface area (Å²) in [6.07, 6.45) is 0. The molecule has 0 amide bonds. The molecule has 6 nitrogen and oxygen atoms in total. The van der Waals surface area contributed by atoms with Crippen molar-refractivity contribution in [3.63, 3.8) is 0 Å². The number of rotatable bonds is 5. The first-order valence-electron chi connectivity index (χ1n) is 7.11. The fraction of sp³-hybridized carbons (Fsp3) is 0.188. The number of fused-ring (bicyclic) bond motifs is 1. The van der Waals surface area contributed by atoms with Gasteiger partial charge in [-0.3, -0.25) is 4.72 Å². The van der Waals surface area contributed by atoms with Crippen molar-refractivity contribution in [3.05, 3.63) is 48.4 Å². The molecule has 1 heterocycles. The average molecular weight is 332 g/mol. The highest BCUT2D eigenvalue weighted by molar-refractivity contribution is 7.92. The molecule has 120 valence electrons. The van der Waals surface area contributed by atoms with Crippen LogP contribution in [0, 0.1) is 6.92 Å². The monoisotopic (exact) mass is 332 g/mol. The van der Waals surface area contributed by atoms with Crippen LogP contribution in [0.15, 0.2) is 51.8 Å². The molecule has 2 aromatic carbocycles. The van der Waals surface area contributed by atoms with E-state index in [0.29, 0.717) is 35.0 Å². The van der Waals surface area contributed by atoms with E-state index < -0.39 is 10.0 Å². The Morgan fingerprint density at radius 3 is 2.78 bits per heavy atom. The minimum absolute atomic E-state index is 0.115. The Labute approximate surface area is 134 Å². The van der Waals surface area contributed by atoms with Gasteiger partial charge in [0.2, 0.25) is 0 Å². The second-order valence-corrected chi connectivity index (χ2v) is 6.58. The van der Waals surface area contributed by atoms with E-state index in [4.69, 9.17) is 9.15 Å². The van der Waals surface area contributed by atoms with Crippen molar-refractivity contribution in [2.45, 2.75) is 18.7 Å². The Hall–Kier alpha value is -2.54. The molecule has 7 heteroatoms. The van der Waals surface area contributed by atoms with Crippen LogP contribution in [0.4, 0.5) is 5.69 Å². The molecule has 3 aromatic rings. The smallest absolute Gasteiger partial charge is 0.262 e. The van der Waals surface area contributed by atoms with Gasteiger partial charge in [-0.25, -0.2) is 13.4 Å². The van der Waals surface area contributed by atoms with Crippen LogP contribution in [-0.2, 0) is 10.0 Å². The van der Waals surface area contributed by atoms with Crippen molar-refractivity contribution < 1.29 is 17.6 Å². The Morgan fingerprint density at radius 2 is 2.00 bits per heavy atom. The molecule has 1 aromatic heterocycles. The zero-order valence-electron chi connectivity index (χ0n) is 12.7. The molecular weight excluding hydrogens is 316 g/mol. The van der Waals surface area contributed by atoms with E-state index in [0.717, 1.165) is 0 Å². The number of aryl methyl sites for hydroxylation is 1. The van der Waals surface area contributed by atoms with Gasteiger partial charge in [0.05, 0.1) is 17.2 Å². The molecule has 0 fully saturated rings. The summed E-state index contributed by atoms with van der Waals surface area (Å²) < 4.78 is 38.5. The maximum absolute atomic E-state index is 12.6. The summed E-state index contributed by atoms with van der Waals surface area (Å²) in [7, 11) is -3.75. The summed E-state index contributed by atoms with van der Waals surface area (Å²) in [5.74, 6) is 0.973. The zero-order valence-corrected chi connectivity index (χ0v) is 13.6. The quantitative estimate of drug-likeness (QED) is 0.775. The molecule has 0 aliphatic carbocycles. The minimum atomic E-state index is -3.75. The van der Waals surface area contributed by atoms with Crippen molar-refractivity contribution in [2.75, 3.05) is 11.3 Å². The Balaban J connectivity index is 1.97. The van der Waals surface area contributed by atoms with Gasteiger partial charge in [-0.05, 0) is 37.3 Å². The van der Waals surface area contributed by atoms with Crippen LogP contribution >= 0.6 is 0 Å². The zero-order chi connectivity index (χ0) is 16.4. The number of hydrogen-bond donors (Lipinski definition) is 1. The van der Waals surface area contributed by atoms with E-state index in [1.165, 1.54) is 12.1 Å². The van der Waals surface area contributed by atoms with Crippen molar-refractivity contribution in [1.82, 2.24) is 4.98 Å². The molecule has 0 radical (unpaired) electrons. The van der Waals surface area contributed by atoms with Crippen molar-refractivity contribution in [3.8, 4) is 5.75 Å². The van der Waals surface area contributed by atoms with Gasteiger partial charge in [-0.1, -0.05) is 12.1 Å². The third kappa shape index (κ3) is 3.14. The largest absolute Gasteiger partial charge is 0.492 e. The van der Waals surface area contributed by atoms with Crippen molar-refractivity contribution in [2.24, 2.45) is 0 Å². The molecule has 0 bridgehead atoms. The van der Waals surface area contributed by atoms with Crippen LogP contribution in [0.5, 0.6) is 5.75 Å². The SMILES string of the molecule is CCOc1ccccc1NS(=O)(=O)c1ccc2oc(C)nc2c1. The Bertz CT molecular complexity index is 948. The highest BCUT2D eigenvalue weighted by Gasteiger charge is 2.18. The second-order valence-electron chi connectivity index (χ2n) is 4.90. The number of oxazole rings is 1. The maximum atomic E-state index is 12.6. The van der Waals surface area contributed by atoms with Gasteiger partial charge >= 0.3 is 0 Å². The van der Waals surface area contributed by atoms with Crippen molar-refractivity contribution in [1.29, 1.82) is 0 Å². The third-order valence-corrected chi connectivity index (χ3v) is 4.57. The Kier molecular flexibility index (Phi) is 3.96. The molecule has 0 saturated carbocycles. The van der Waals surface area contributed by atoms with Gasteiger partial charge in [-0.15, -0.1) is 0 Å². The molecule has 3 rings (SSSR count). The van der Waals surface area contributed by atoms with Gasteiger partial charge in [0.15, 0.2) is 11.5 Å². The van der Waals surface area contributed by atoms with E-state index in [1.54, 1.807) is 37.3 Å². The van der Waals surface area contributed by atoms with E-state index >= 15 is 0 Å². The van der Waals surface area contributed by atoms with Crippen molar-refractivity contribution >= 4 is 26.8 Å². The predicted molar refractivity (Wildman–Crippen MR) is 87.2 cm³/mol. The minimum Gasteiger partial charge on any atom is -0.492 e. The summed E-state index contributed by atoms with van der Waals surface area (Å²) in [4.78, 5) is 4.27. The molecule has 0 saturated heterocycles. The first-order chi connectivity index (χ1) is 11.0. The number of aromatic nitrogens is 1. The van der Waals surface area contributed by atoms with Gasteiger partial charge < -0.3 is 9.15 Å². The summed E-state index contributed by atoms with van der Waals surface area (Å²) in [6.45, 7) is 4.00. The first kappa shape index (κ1) is 15.4. The van der Waals surface area contributed by atoms with Crippen LogP contribution in [0.1, 0.15) is 12.8 Å². The number of para-hydroxylation sites is 2. The van der Waals surface area contributed by atoms with E-state index in [9.17, 15) is 8.42 Å². The second kappa shape index (κ2) is 5.92. The fourth-order valence-electron chi connectivity index (χ4n) is 2.23. The fourth-order valence-corrected chi connectivity index (χ4v) is 3.32. The summed E-state index contributed by atoms with van der Waals surface area (Å²) >= 11 is 0. The molecule has 0 aliphatic rings. The van der Waals surface area contributed by atoms with Gasteiger partial charge in [-0.2, -0.15) is 0 Å². The van der Waals surface area contributed by atoms with E-state index in [2.05, 4.69) is 9.71 Å². The standard InChI is InChI=1S/C16H16N2O4S/c1-3-21-15-7-5-4-6-13(15)18-23(19,20)12-8-9-16-14(10-12)17-11(2)22-16/h4-10,18H,3H2,1-2H3. The Morgan fingerprint density at radius 1 is 1.22 bits per heavy atom. The summed E-state index contributed by atoms with van der Waals surface area (Å²) in [5, 5.41) is 0. The van der Waals surface area contributed by atoms with Gasteiger partial charge in [0.1, 0.15) is 11.3 Å². The van der Waals surface area contributed by atoms with E-state index in [1.807, 2.05) is 6.92 Å². The van der Waals surface area contributed by atoms with Crippen LogP contribution in [0.25, 0.3) is 11.1 Å². The molecule has 1 N–H and O–H groups in total. The molecule has 0 atom stereocenters. The average Bonchev–Trinajstić information content (AvgIpc) is 2.88. The lowest BCUT2D eigenvalue weighted by Crippen LogP contribution is -2.13. The van der Waals surface area contributed by atoms with E-state index in [-0.39, 0.29) is 4.90 Å². The molecule has 0 unspecified atom stereocenters. The number of nitrogens with one attached hydrogen (secondary N) is 1. The van der Waals surface area contributed by atoms with Gasteiger partial charge in [0, 0.05) is 6.92 Å². The molecule has 23 heavy (non-hydrogen) atoms. The lowest BCUT2D eigenvalue weighted by atomic mass is 10.3. The molecule has 0 aliphatic heterocycles. The number of hydrogen-bond acceptors (Lipinski definition) is 5. The molecular formula is C16H16N2O4S. The summed E-state index contributed by atoms with van der Waals surface area (Å²) in [6, 6.07) is 11.5.